The molecule has 5 rings (SSSR count). The molecular weight excluding hydrogens is 839 g/mol. The molecule has 22 nitrogen and oxygen atoms in total. The van der Waals surface area contributed by atoms with Gasteiger partial charge < -0.3 is 41.0 Å². The van der Waals surface area contributed by atoms with Crippen molar-refractivity contribution in [2.24, 2.45) is 20.5 Å². The molecule has 0 radical (unpaired) electrons. The summed E-state index contributed by atoms with van der Waals surface area (Å²) in [6.07, 6.45) is 1.24. The minimum Gasteiger partial charge on any atom is -0.744 e. The largest absolute Gasteiger partial charge is 1.00 e. The maximum absolute atomic E-state index is 14.4. The SMILES string of the molecule is Nc1c(N=Nc2ccccc2S(=O)(=O)[O-])cc(S(=O)(=O)[O-])c(N)c1N=Nc1cc(Nc2nc(F)nc(-[n+]3ccc(C(=O)[O-])cc3)n2)ccc1SOO[O-].[Na+].[Na+].[Na+]. The Morgan fingerprint density at radius 1 is 0.804 bits per heavy atom. The van der Waals surface area contributed by atoms with E-state index in [-0.39, 0.29) is 122 Å². The molecule has 2 heterocycles. The molecule has 0 fully saturated rings. The standard InChI is InChI=1S/C27H20FN11O11S3.3Na/c28-25-32-26(34-27(33-25)39-9-7-13(8-10-39)24(40)41)31-14-5-6-18(51-50-49-42)16(11-14)36-38-23-21(29)17(12-20(22(23)30)53(46,47)48)37-35-15-3-1-2-4-19(15)52(43,44)45;;;/h1-12H,29-30H2,(H4-,31,32,33,34,40,41,42,43,44,45,46,47,48);;;/q;3*+1/p-3. The molecule has 56 heavy (non-hydrogen) atoms. The van der Waals surface area contributed by atoms with Crippen LogP contribution in [0.3, 0.4) is 0 Å². The van der Waals surface area contributed by atoms with Gasteiger partial charge in [0, 0.05) is 11.3 Å². The van der Waals surface area contributed by atoms with Crippen LogP contribution < -0.4 is 120 Å². The number of hydrogen-bond donors (Lipinski definition) is 3. The maximum Gasteiger partial charge on any atom is 1.00 e. The van der Waals surface area contributed by atoms with E-state index in [2.05, 4.69) is 50.1 Å². The van der Waals surface area contributed by atoms with Gasteiger partial charge in [0.15, 0.2) is 0 Å². The molecule has 3 aromatic carbocycles. The predicted octanol–water partition coefficient (Wildman–Crippen LogP) is -7.56. The van der Waals surface area contributed by atoms with Crippen molar-refractivity contribution in [3.63, 3.8) is 0 Å². The number of nitrogens with one attached hydrogen (secondary N) is 1. The third-order valence-electron chi connectivity index (χ3n) is 6.51. The number of nitrogens with two attached hydrogens (primary N) is 2. The predicted molar refractivity (Wildman–Crippen MR) is 169 cm³/mol. The fourth-order valence-electron chi connectivity index (χ4n) is 4.15. The molecule has 0 unspecified atom stereocenters. The van der Waals surface area contributed by atoms with Crippen LogP contribution in [0.5, 0.6) is 0 Å². The van der Waals surface area contributed by atoms with Crippen molar-refractivity contribution in [2.45, 2.75) is 14.7 Å². The number of aromatic carboxylic acids is 1. The van der Waals surface area contributed by atoms with Gasteiger partial charge in [0.1, 0.15) is 43.0 Å². The van der Waals surface area contributed by atoms with Crippen LogP contribution >= 0.6 is 12.0 Å². The van der Waals surface area contributed by atoms with E-state index in [1.807, 2.05) is 0 Å². The van der Waals surface area contributed by atoms with Crippen molar-refractivity contribution in [1.82, 2.24) is 15.0 Å². The molecule has 274 valence electrons. The van der Waals surface area contributed by atoms with Crippen molar-refractivity contribution >= 4 is 84.0 Å². The minimum absolute atomic E-state index is 0. The molecule has 0 bridgehead atoms. The van der Waals surface area contributed by atoms with Gasteiger partial charge in [0.25, 0.3) is 0 Å². The molecule has 5 N–H and O–H groups in total. The van der Waals surface area contributed by atoms with E-state index in [1.165, 1.54) is 59.4 Å². The molecular formula is C27H17FN11Na3O11S3. The normalized spacial score (nSPS) is 11.4. The third kappa shape index (κ3) is 12.4. The molecule has 5 aromatic rings. The van der Waals surface area contributed by atoms with Crippen LogP contribution in [0, 0.1) is 6.08 Å². The summed E-state index contributed by atoms with van der Waals surface area (Å²) in [5.41, 5.74) is 8.94. The number of aromatic nitrogens is 4. The summed E-state index contributed by atoms with van der Waals surface area (Å²) in [4.78, 5) is 20.5. The Morgan fingerprint density at radius 3 is 2.05 bits per heavy atom. The van der Waals surface area contributed by atoms with Crippen LogP contribution in [-0.2, 0) is 29.6 Å². The number of nitrogen functional groups attached to an aromatic ring is 2. The van der Waals surface area contributed by atoms with Crippen molar-refractivity contribution in [3.8, 4) is 5.95 Å². The minimum atomic E-state index is -5.33. The van der Waals surface area contributed by atoms with E-state index in [4.69, 9.17) is 11.5 Å². The smallest absolute Gasteiger partial charge is 0.744 e. The van der Waals surface area contributed by atoms with Gasteiger partial charge in [-0.2, -0.15) is 4.33 Å². The molecule has 29 heteroatoms. The zero-order chi connectivity index (χ0) is 38.5. The van der Waals surface area contributed by atoms with Crippen molar-refractivity contribution < 1.29 is 148 Å². The summed E-state index contributed by atoms with van der Waals surface area (Å²) in [6, 6.07) is 11.5. The van der Waals surface area contributed by atoms with Crippen LogP contribution in [0.2, 0.25) is 0 Å². The van der Waals surface area contributed by atoms with Crippen LogP contribution in [0.25, 0.3) is 5.95 Å². The molecule has 0 aliphatic heterocycles. The fraction of sp³-hybridized carbons (Fsp3) is 0. The van der Waals surface area contributed by atoms with Crippen LogP contribution in [0.15, 0.2) is 108 Å². The van der Waals surface area contributed by atoms with Crippen molar-refractivity contribution in [3.05, 3.63) is 84.7 Å². The molecule has 0 saturated carbocycles. The molecule has 0 aliphatic carbocycles. The van der Waals surface area contributed by atoms with Crippen LogP contribution in [-0.4, -0.2) is 46.9 Å². The number of carboxylic acids is 1. The number of azo groups is 2. The van der Waals surface area contributed by atoms with Crippen LogP contribution in [0.4, 0.5) is 50.2 Å². The first-order valence-electron chi connectivity index (χ1n) is 13.8. The summed E-state index contributed by atoms with van der Waals surface area (Å²) < 4.78 is 91.1. The monoisotopic (exact) mass is 855 g/mol. The number of halogens is 1. The van der Waals surface area contributed by atoms with E-state index < -0.39 is 70.5 Å². The van der Waals surface area contributed by atoms with Crippen LogP contribution in [0.1, 0.15) is 10.4 Å². The van der Waals surface area contributed by atoms with E-state index in [0.717, 1.165) is 12.1 Å². The summed E-state index contributed by atoms with van der Waals surface area (Å²) in [5, 5.41) is 42.9. The molecule has 0 aliphatic rings. The summed E-state index contributed by atoms with van der Waals surface area (Å²) in [5.74, 6) is -2.06. The van der Waals surface area contributed by atoms with Gasteiger partial charge in [0.05, 0.1) is 56.5 Å². The van der Waals surface area contributed by atoms with E-state index in [1.54, 1.807) is 0 Å². The Morgan fingerprint density at radius 2 is 1.43 bits per heavy atom. The topological polar surface area (TPSA) is 352 Å². The van der Waals surface area contributed by atoms with Crippen molar-refractivity contribution in [1.29, 1.82) is 0 Å². The maximum atomic E-state index is 14.4. The van der Waals surface area contributed by atoms with Gasteiger partial charge >= 0.3 is 107 Å². The number of carbonyl (C=O) groups excluding carboxylic acids is 1. The number of pyridine rings is 1. The number of anilines is 4. The number of hydrogen-bond acceptors (Lipinski definition) is 22. The summed E-state index contributed by atoms with van der Waals surface area (Å²) >= 11 is 0.347. The molecule has 2 aromatic heterocycles. The Hall–Kier alpha value is -3.13. The summed E-state index contributed by atoms with van der Waals surface area (Å²) in [7, 11) is -10.4. The second kappa shape index (κ2) is 21.0. The Bertz CT molecular complexity index is 2530. The first-order chi connectivity index (χ1) is 25.0. The third-order valence-corrected chi connectivity index (χ3v) is 8.91. The van der Waals surface area contributed by atoms with Gasteiger partial charge in [-0.05, 0) is 58.5 Å². The van der Waals surface area contributed by atoms with Gasteiger partial charge in [-0.25, -0.2) is 21.4 Å². The number of carboxylic acid groups (broad SMARTS) is 1. The Kier molecular flexibility index (Phi) is 18.4. The number of benzene rings is 3. The quantitative estimate of drug-likeness (QED) is 0.0145. The average molecular weight is 856 g/mol. The first-order valence-corrected chi connectivity index (χ1v) is 17.4. The molecule has 0 atom stereocenters. The van der Waals surface area contributed by atoms with E-state index in [0.29, 0.717) is 18.1 Å². The Balaban J connectivity index is 0.00000361. The van der Waals surface area contributed by atoms with Gasteiger partial charge in [-0.3, -0.25) is 5.04 Å². The van der Waals surface area contributed by atoms with E-state index >= 15 is 0 Å². The zero-order valence-corrected chi connectivity index (χ0v) is 37.2. The molecule has 0 spiro atoms. The Labute approximate surface area is 385 Å². The number of rotatable bonds is 13. The number of carbonyl (C=O) groups is 1. The van der Waals surface area contributed by atoms with Crippen molar-refractivity contribution in [2.75, 3.05) is 16.8 Å². The second-order valence-electron chi connectivity index (χ2n) is 9.88. The first kappa shape index (κ1) is 49.0. The second-order valence-corrected chi connectivity index (χ2v) is 13.3. The van der Waals surface area contributed by atoms with Gasteiger partial charge in [-0.1, -0.05) is 12.1 Å². The average Bonchev–Trinajstić information content (AvgIpc) is 3.10. The van der Waals surface area contributed by atoms with Gasteiger partial charge in [0.2, 0.25) is 0 Å². The fourth-order valence-corrected chi connectivity index (χ4v) is 5.80. The molecule has 0 amide bonds. The molecule has 0 saturated heterocycles. The number of nitrogens with zero attached hydrogens (tertiary/aromatic N) is 8. The zero-order valence-electron chi connectivity index (χ0n) is 28.8. The van der Waals surface area contributed by atoms with Gasteiger partial charge in [-0.15, -0.1) is 29.8 Å². The summed E-state index contributed by atoms with van der Waals surface area (Å²) in [6.45, 7) is 0. The van der Waals surface area contributed by atoms with E-state index in [9.17, 15) is 45.5 Å².